The van der Waals surface area contributed by atoms with Crippen molar-refractivity contribution in [3.63, 3.8) is 0 Å². The Labute approximate surface area is 104 Å². The molecule has 0 amide bonds. The molecule has 0 atom stereocenters. The van der Waals surface area contributed by atoms with Crippen molar-refractivity contribution in [2.75, 3.05) is 23.4 Å². The van der Waals surface area contributed by atoms with E-state index in [4.69, 9.17) is 0 Å². The van der Waals surface area contributed by atoms with Gasteiger partial charge in [-0.3, -0.25) is 0 Å². The molecule has 0 saturated carbocycles. The first-order chi connectivity index (χ1) is 8.07. The predicted molar refractivity (Wildman–Crippen MR) is 73.3 cm³/mol. The van der Waals surface area contributed by atoms with Gasteiger partial charge < -0.3 is 5.32 Å². The number of rotatable bonds is 7. The lowest BCUT2D eigenvalue weighted by atomic mass is 10.1. The van der Waals surface area contributed by atoms with Gasteiger partial charge in [-0.1, -0.05) is 26.0 Å². The monoisotopic (exact) mass is 255 g/mol. The average Bonchev–Trinajstić information content (AvgIpc) is 2.35. The second-order valence-electron chi connectivity index (χ2n) is 4.07. The summed E-state index contributed by atoms with van der Waals surface area (Å²) in [4.78, 5) is 0. The van der Waals surface area contributed by atoms with Crippen LogP contribution < -0.4 is 5.32 Å². The van der Waals surface area contributed by atoms with Crippen molar-refractivity contribution >= 4 is 15.5 Å². The number of anilines is 1. The molecule has 0 aromatic heterocycles. The first-order valence-corrected chi connectivity index (χ1v) is 7.92. The first-order valence-electron chi connectivity index (χ1n) is 6.10. The van der Waals surface area contributed by atoms with Crippen molar-refractivity contribution in [2.24, 2.45) is 0 Å². The molecule has 0 spiro atoms. The van der Waals surface area contributed by atoms with E-state index in [0.717, 1.165) is 12.1 Å². The number of sulfone groups is 1. The number of aryl methyl sites for hydroxylation is 1. The van der Waals surface area contributed by atoms with E-state index in [9.17, 15) is 8.42 Å². The summed E-state index contributed by atoms with van der Waals surface area (Å²) in [7, 11) is -2.83. The molecule has 0 aliphatic carbocycles. The molecule has 0 radical (unpaired) electrons. The molecule has 0 aliphatic heterocycles. The van der Waals surface area contributed by atoms with Crippen molar-refractivity contribution in [2.45, 2.75) is 26.7 Å². The zero-order valence-corrected chi connectivity index (χ0v) is 11.4. The Hall–Kier alpha value is -1.03. The molecule has 0 saturated heterocycles. The maximum absolute atomic E-state index is 11.3. The molecule has 96 valence electrons. The Bertz CT molecular complexity index is 440. The summed E-state index contributed by atoms with van der Waals surface area (Å²) in [5.41, 5.74) is 2.36. The number of benzene rings is 1. The SMILES string of the molecule is CCc1cccc(NCCCS(=O)(=O)CC)c1. The van der Waals surface area contributed by atoms with Crippen LogP contribution in [0.2, 0.25) is 0 Å². The van der Waals surface area contributed by atoms with Gasteiger partial charge >= 0.3 is 0 Å². The third-order valence-electron chi connectivity index (χ3n) is 2.74. The fourth-order valence-electron chi connectivity index (χ4n) is 1.57. The van der Waals surface area contributed by atoms with Crippen LogP contribution in [0, 0.1) is 0 Å². The Morgan fingerprint density at radius 3 is 2.65 bits per heavy atom. The zero-order valence-electron chi connectivity index (χ0n) is 10.6. The Kier molecular flexibility index (Phi) is 5.48. The molecule has 0 unspecified atom stereocenters. The van der Waals surface area contributed by atoms with Crippen LogP contribution >= 0.6 is 0 Å². The third kappa shape index (κ3) is 5.22. The van der Waals surface area contributed by atoms with Crippen LogP contribution in [0.25, 0.3) is 0 Å². The highest BCUT2D eigenvalue weighted by atomic mass is 32.2. The molecule has 0 heterocycles. The highest BCUT2D eigenvalue weighted by Gasteiger charge is 2.05. The Balaban J connectivity index is 2.36. The maximum atomic E-state index is 11.3. The van der Waals surface area contributed by atoms with E-state index in [-0.39, 0.29) is 11.5 Å². The molecule has 0 aliphatic rings. The number of hydrogen-bond donors (Lipinski definition) is 1. The average molecular weight is 255 g/mol. The minimum atomic E-state index is -2.83. The van der Waals surface area contributed by atoms with Crippen molar-refractivity contribution in [3.8, 4) is 0 Å². The van der Waals surface area contributed by atoms with Crippen LogP contribution in [0.1, 0.15) is 25.8 Å². The van der Waals surface area contributed by atoms with Crippen molar-refractivity contribution in [1.82, 2.24) is 0 Å². The number of hydrogen-bond acceptors (Lipinski definition) is 3. The van der Waals surface area contributed by atoms with Crippen LogP contribution in [0.15, 0.2) is 24.3 Å². The highest BCUT2D eigenvalue weighted by molar-refractivity contribution is 7.91. The second kappa shape index (κ2) is 6.64. The van der Waals surface area contributed by atoms with E-state index in [1.807, 2.05) is 12.1 Å². The summed E-state index contributed by atoms with van der Waals surface area (Å²) < 4.78 is 22.6. The van der Waals surface area contributed by atoms with E-state index >= 15 is 0 Å². The van der Waals surface area contributed by atoms with Gasteiger partial charge in [0, 0.05) is 18.0 Å². The van der Waals surface area contributed by atoms with Crippen LogP contribution in [0.5, 0.6) is 0 Å². The molecule has 0 bridgehead atoms. The Morgan fingerprint density at radius 2 is 2.00 bits per heavy atom. The Morgan fingerprint density at radius 1 is 1.24 bits per heavy atom. The van der Waals surface area contributed by atoms with Gasteiger partial charge in [-0.25, -0.2) is 8.42 Å². The second-order valence-corrected chi connectivity index (χ2v) is 6.54. The van der Waals surface area contributed by atoms with Gasteiger partial charge in [0.25, 0.3) is 0 Å². The lowest BCUT2D eigenvalue weighted by molar-refractivity contribution is 0.595. The van der Waals surface area contributed by atoms with Crippen LogP contribution in [0.4, 0.5) is 5.69 Å². The fraction of sp³-hybridized carbons (Fsp3) is 0.538. The molecule has 0 fully saturated rings. The minimum absolute atomic E-state index is 0.234. The van der Waals surface area contributed by atoms with Gasteiger partial charge in [0.05, 0.1) is 5.75 Å². The molecule has 4 heteroatoms. The van der Waals surface area contributed by atoms with E-state index in [0.29, 0.717) is 13.0 Å². The van der Waals surface area contributed by atoms with Gasteiger partial charge in [-0.15, -0.1) is 0 Å². The summed E-state index contributed by atoms with van der Waals surface area (Å²) in [6.07, 6.45) is 1.67. The summed E-state index contributed by atoms with van der Waals surface area (Å²) >= 11 is 0. The molecule has 1 rings (SSSR count). The van der Waals surface area contributed by atoms with Crippen molar-refractivity contribution < 1.29 is 8.42 Å². The summed E-state index contributed by atoms with van der Waals surface area (Å²) in [5.74, 6) is 0.502. The maximum Gasteiger partial charge on any atom is 0.150 e. The normalized spacial score (nSPS) is 11.4. The lowest BCUT2D eigenvalue weighted by Gasteiger charge is -2.07. The standard InChI is InChI=1S/C13H21NO2S/c1-3-12-7-5-8-13(11-12)14-9-6-10-17(15,16)4-2/h5,7-8,11,14H,3-4,6,9-10H2,1-2H3. The molecular formula is C13H21NO2S. The van der Waals surface area contributed by atoms with Crippen LogP contribution in [-0.2, 0) is 16.3 Å². The van der Waals surface area contributed by atoms with Gasteiger partial charge in [-0.2, -0.15) is 0 Å². The molecule has 1 aromatic carbocycles. The van der Waals surface area contributed by atoms with Crippen LogP contribution in [-0.4, -0.2) is 26.5 Å². The van der Waals surface area contributed by atoms with Gasteiger partial charge in [0.2, 0.25) is 0 Å². The van der Waals surface area contributed by atoms with Gasteiger partial charge in [0.1, 0.15) is 9.84 Å². The van der Waals surface area contributed by atoms with E-state index in [1.54, 1.807) is 6.92 Å². The molecule has 3 nitrogen and oxygen atoms in total. The molecular weight excluding hydrogens is 234 g/mol. The van der Waals surface area contributed by atoms with Crippen molar-refractivity contribution in [1.29, 1.82) is 0 Å². The van der Waals surface area contributed by atoms with Crippen molar-refractivity contribution in [3.05, 3.63) is 29.8 Å². The zero-order chi connectivity index (χ0) is 12.7. The smallest absolute Gasteiger partial charge is 0.150 e. The largest absolute Gasteiger partial charge is 0.385 e. The van der Waals surface area contributed by atoms with E-state index in [2.05, 4.69) is 24.4 Å². The topological polar surface area (TPSA) is 46.2 Å². The first kappa shape index (κ1) is 14.0. The minimum Gasteiger partial charge on any atom is -0.385 e. The van der Waals surface area contributed by atoms with E-state index in [1.165, 1.54) is 5.56 Å². The predicted octanol–water partition coefficient (Wildman–Crippen LogP) is 2.49. The van der Waals surface area contributed by atoms with Gasteiger partial charge in [0.15, 0.2) is 0 Å². The van der Waals surface area contributed by atoms with Crippen LogP contribution in [0.3, 0.4) is 0 Å². The van der Waals surface area contributed by atoms with Gasteiger partial charge in [-0.05, 0) is 30.5 Å². The summed E-state index contributed by atoms with van der Waals surface area (Å²) in [6, 6.07) is 8.22. The highest BCUT2D eigenvalue weighted by Crippen LogP contribution is 2.10. The number of nitrogens with one attached hydrogen (secondary N) is 1. The summed E-state index contributed by atoms with van der Waals surface area (Å²) in [6.45, 7) is 4.51. The molecule has 17 heavy (non-hydrogen) atoms. The third-order valence-corrected chi connectivity index (χ3v) is 4.53. The lowest BCUT2D eigenvalue weighted by Crippen LogP contribution is -2.12. The molecule has 1 N–H and O–H groups in total. The van der Waals surface area contributed by atoms with E-state index < -0.39 is 9.84 Å². The fourth-order valence-corrected chi connectivity index (χ4v) is 2.44. The molecule has 1 aromatic rings. The quantitative estimate of drug-likeness (QED) is 0.761. The summed E-state index contributed by atoms with van der Waals surface area (Å²) in [5, 5.41) is 3.25.